The zero-order valence-electron chi connectivity index (χ0n) is 83.4. The summed E-state index contributed by atoms with van der Waals surface area (Å²) in [5.74, 6) is 3.08. The zero-order chi connectivity index (χ0) is 91.3. The number of nitrogens with one attached hydrogen (secondary N) is 3. The maximum absolute atomic E-state index is 12.4. The molecule has 0 radical (unpaired) electrons. The lowest BCUT2D eigenvalue weighted by atomic mass is 9.81. The quantitative estimate of drug-likeness (QED) is 0.122. The van der Waals surface area contributed by atoms with Gasteiger partial charge >= 0.3 is 0 Å². The number of piperazine rings is 1. The van der Waals surface area contributed by atoms with E-state index in [9.17, 15) is 8.42 Å². The lowest BCUT2D eigenvalue weighted by Gasteiger charge is -2.46. The third-order valence-corrected chi connectivity index (χ3v) is 31.8. The number of morpholine rings is 1. The van der Waals surface area contributed by atoms with Gasteiger partial charge in [-0.15, -0.1) is 0 Å². The molecule has 698 valence electrons. The number of hydrogen-bond donors (Lipinski definition) is 3. The van der Waals surface area contributed by atoms with Crippen molar-refractivity contribution >= 4 is 15.7 Å². The van der Waals surface area contributed by atoms with Crippen LogP contribution < -0.4 is 20.9 Å². The molecule has 11 heterocycles. The van der Waals surface area contributed by atoms with Crippen LogP contribution in [-0.2, 0) is 63.9 Å². The second kappa shape index (κ2) is 43.7. The molecule has 0 saturated carbocycles. The number of likely N-dealkylation sites (tertiary alicyclic amines) is 1. The zero-order valence-corrected chi connectivity index (χ0v) is 84.2. The molecule has 11 aliphatic heterocycles. The van der Waals surface area contributed by atoms with Gasteiger partial charge in [-0.3, -0.25) is 9.80 Å². The summed E-state index contributed by atoms with van der Waals surface area (Å²) in [5.41, 5.74) is 20.4. The Morgan fingerprint density at radius 1 is 0.339 bits per heavy atom. The van der Waals surface area contributed by atoms with Gasteiger partial charge < -0.3 is 35.2 Å². The first-order valence-corrected chi connectivity index (χ1v) is 51.5. The van der Waals surface area contributed by atoms with Crippen molar-refractivity contribution < 1.29 is 17.9 Å². The average Bonchev–Trinajstić information content (AvgIpc) is 1.63. The molecule has 11 fully saturated rings. The Labute approximate surface area is 773 Å². The summed E-state index contributed by atoms with van der Waals surface area (Å²) < 4.78 is 36.9. The van der Waals surface area contributed by atoms with Gasteiger partial charge in [-0.25, -0.2) is 8.42 Å². The van der Waals surface area contributed by atoms with E-state index in [-0.39, 0.29) is 37.9 Å². The Hall–Kier alpha value is -6.07. The van der Waals surface area contributed by atoms with Crippen LogP contribution in [0.15, 0.2) is 175 Å². The number of piperidine rings is 5. The summed E-state index contributed by atoms with van der Waals surface area (Å²) in [6, 6.07) is 68.6. The van der Waals surface area contributed by atoms with E-state index < -0.39 is 10.0 Å². The lowest BCUT2D eigenvalue weighted by Crippen LogP contribution is -2.56. The van der Waals surface area contributed by atoms with Crippen molar-refractivity contribution in [3.8, 4) is 0 Å². The molecule has 11 saturated heterocycles. The molecule has 13 heteroatoms. The van der Waals surface area contributed by atoms with Gasteiger partial charge in [0.05, 0.1) is 37.4 Å². The average molecular weight is 1750 g/mol. The number of hydrogen-bond acceptors (Lipinski definition) is 11. The standard InChI is InChI=1S/C20H29NO.C18H27N.C17H25N.C16H25N.C15H23N.C14H22N2.C14H21NO3S/c1-20(2,3)16-6-4-14(5-7-16)15-10-17-8-9-18(11-15)21(17)19-12-22-13-19;1-18(2,3)15-7-5-13(6-8-15)14-11-16-9-10-17(12-14)19(16)4;1-17(2,3)14-6-4-12(5-7-14)13-10-15-8-9-16(11-13)18-15;1-16(2,3)15-9-7-14(8-10-15)13-17-11-5-4-6-12-17;1-15(2,3)14-8-6-12(7-9-14)13-5-4-10-16-11-13;1-14(2,3)12-4-6-13(7-5-12)16-10-8-15-9-11-16;1-14(2,3)12-4-6-13(7-5-12)19(16,17)15-8-10-18-11-9-15/h4-7,15,17-19H,8-13H2,1-3H3;5-8,14,16-17H,9-12H2,1-4H3;4-7,13,15-16,18H,8-11H2,1-3H3;7-10H,4-6,11-13H2,1-3H3;6-9,13,16H,4-5,10-11H2,1-3H3;4-7,15H,8-11H2,1-3H3;4-7H,8-11H2,1-3H3/t;14?,16-,17+;13?,15-,16+;;;;. The van der Waals surface area contributed by atoms with Crippen molar-refractivity contribution in [2.24, 2.45) is 0 Å². The van der Waals surface area contributed by atoms with Crippen molar-refractivity contribution in [3.63, 3.8) is 0 Å². The van der Waals surface area contributed by atoms with E-state index in [0.717, 1.165) is 124 Å². The van der Waals surface area contributed by atoms with Crippen LogP contribution in [0.2, 0.25) is 0 Å². The smallest absolute Gasteiger partial charge is 0.243 e. The van der Waals surface area contributed by atoms with Crippen molar-refractivity contribution in [1.82, 2.24) is 35.0 Å². The third-order valence-electron chi connectivity index (χ3n) is 29.9. The second-order valence-electron chi connectivity index (χ2n) is 46.9. The number of anilines is 1. The van der Waals surface area contributed by atoms with Gasteiger partial charge in [-0.1, -0.05) is 297 Å². The van der Waals surface area contributed by atoms with E-state index in [0.29, 0.717) is 31.2 Å². The first-order chi connectivity index (χ1) is 60.0. The molecule has 7 aromatic rings. The maximum atomic E-state index is 12.4. The van der Waals surface area contributed by atoms with Gasteiger partial charge in [-0.2, -0.15) is 4.31 Å². The monoisotopic (exact) mass is 1750 g/mol. The Morgan fingerprint density at radius 3 is 1.06 bits per heavy atom. The largest absolute Gasteiger partial charge is 0.379 e. The number of fused-ring (bicyclic) bond motifs is 6. The number of rotatable bonds is 10. The number of sulfonamides is 1. The first kappa shape index (κ1) is 99.9. The van der Waals surface area contributed by atoms with Crippen LogP contribution in [0.4, 0.5) is 5.69 Å². The van der Waals surface area contributed by atoms with Crippen molar-refractivity contribution in [2.75, 3.05) is 104 Å². The van der Waals surface area contributed by atoms with Gasteiger partial charge in [0.2, 0.25) is 10.0 Å². The molecule has 12 nitrogen and oxygen atoms in total. The van der Waals surface area contributed by atoms with E-state index in [4.69, 9.17) is 9.47 Å². The number of benzene rings is 7. The maximum Gasteiger partial charge on any atom is 0.243 e. The van der Waals surface area contributed by atoms with Crippen LogP contribution in [-0.4, -0.2) is 169 Å². The predicted molar refractivity (Wildman–Crippen MR) is 538 cm³/mol. The van der Waals surface area contributed by atoms with Crippen molar-refractivity contribution in [2.45, 2.75) is 370 Å². The van der Waals surface area contributed by atoms with Crippen molar-refractivity contribution in [1.29, 1.82) is 0 Å². The van der Waals surface area contributed by atoms with E-state index in [1.165, 1.54) is 183 Å². The summed E-state index contributed by atoms with van der Waals surface area (Å²) in [6.07, 6.45) is 23.3. The molecule has 6 bridgehead atoms. The fraction of sp³-hybridized carbons (Fsp3) is 0.632. The fourth-order valence-corrected chi connectivity index (χ4v) is 22.7. The topological polar surface area (TPSA) is 105 Å². The molecule has 9 atom stereocenters. The molecule has 11 aliphatic rings. The molecule has 127 heavy (non-hydrogen) atoms. The highest BCUT2D eigenvalue weighted by molar-refractivity contribution is 7.89. The molecule has 18 rings (SSSR count). The summed E-state index contributed by atoms with van der Waals surface area (Å²) in [4.78, 5) is 10.8. The third kappa shape index (κ3) is 28.3. The molecule has 0 aromatic heterocycles. The highest BCUT2D eigenvalue weighted by Crippen LogP contribution is 2.47. The molecule has 5 unspecified atom stereocenters. The predicted octanol–water partition coefficient (Wildman–Crippen LogP) is 24.2. The van der Waals surface area contributed by atoms with Crippen LogP contribution in [0.5, 0.6) is 0 Å². The van der Waals surface area contributed by atoms with E-state index >= 15 is 0 Å². The Balaban J connectivity index is 0.000000135. The molecular weight excluding hydrogens is 1580 g/mol. The van der Waals surface area contributed by atoms with Gasteiger partial charge in [-0.05, 0) is 282 Å². The first-order valence-electron chi connectivity index (χ1n) is 50.0. The molecule has 0 aliphatic carbocycles. The minimum Gasteiger partial charge on any atom is -0.379 e. The summed E-state index contributed by atoms with van der Waals surface area (Å²) >= 11 is 0. The van der Waals surface area contributed by atoms with E-state index in [1.54, 1.807) is 28.8 Å². The molecule has 0 amide bonds. The lowest BCUT2D eigenvalue weighted by molar-refractivity contribution is -0.0928. The van der Waals surface area contributed by atoms with Crippen LogP contribution in [0.3, 0.4) is 0 Å². The Bertz CT molecular complexity index is 4440. The summed E-state index contributed by atoms with van der Waals surface area (Å²) in [5, 5.41) is 10.6. The molecule has 0 spiro atoms. The number of ether oxygens (including phenoxy) is 2. The van der Waals surface area contributed by atoms with Gasteiger partial charge in [0.25, 0.3) is 0 Å². The second-order valence-corrected chi connectivity index (χ2v) is 48.8. The molecule has 3 N–H and O–H groups in total. The van der Waals surface area contributed by atoms with Gasteiger partial charge in [0, 0.05) is 94.3 Å². The molecular formula is C114H172N8O4S. The SMILES string of the molecule is CC(C)(C)c1ccc(C2CC3CCC(C2)N3C2COC2)cc1.CC(C)(C)c1ccc(C2CCCNC2)cc1.CC(C)(C)c1ccc(C2C[C@H]3CC[C@@H](C2)N3)cc1.CC(C)(C)c1ccc(CN2CCCCC2)cc1.CC(C)(C)c1ccc(N2CCNCC2)cc1.CC(C)(C)c1ccc(S(=O)(=O)N2CCOCC2)cc1.CN1[C@@H]2CC[C@H]1CC(c1ccc(C(C)(C)C)cc1)C2. The Kier molecular flexibility index (Phi) is 34.4. The van der Waals surface area contributed by atoms with Gasteiger partial charge in [0.15, 0.2) is 0 Å². The van der Waals surface area contributed by atoms with Crippen LogP contribution >= 0.6 is 0 Å². The van der Waals surface area contributed by atoms with Crippen LogP contribution in [0, 0.1) is 0 Å². The normalized spacial score (nSPS) is 25.1. The highest BCUT2D eigenvalue weighted by atomic mass is 32.2. The number of nitrogens with zero attached hydrogens (tertiary/aromatic N) is 5. The minimum atomic E-state index is -3.37. The van der Waals surface area contributed by atoms with Crippen molar-refractivity contribution in [3.05, 3.63) is 237 Å². The summed E-state index contributed by atoms with van der Waals surface area (Å²) in [7, 11) is -1.05. The fourth-order valence-electron chi connectivity index (χ4n) is 21.3. The highest BCUT2D eigenvalue weighted by Gasteiger charge is 2.46. The Morgan fingerprint density at radius 2 is 0.693 bits per heavy atom. The van der Waals surface area contributed by atoms with Crippen LogP contribution in [0.1, 0.15) is 345 Å². The van der Waals surface area contributed by atoms with E-state index in [2.05, 4.69) is 334 Å². The summed E-state index contributed by atoms with van der Waals surface area (Å²) in [6.45, 7) is 61.5. The molecule has 7 aromatic carbocycles. The van der Waals surface area contributed by atoms with E-state index in [1.807, 2.05) is 12.1 Å². The van der Waals surface area contributed by atoms with Gasteiger partial charge in [0.1, 0.15) is 0 Å². The van der Waals surface area contributed by atoms with Crippen LogP contribution in [0.25, 0.3) is 0 Å². The minimum absolute atomic E-state index is 0.0290.